The lowest BCUT2D eigenvalue weighted by atomic mass is 10.0. The summed E-state index contributed by atoms with van der Waals surface area (Å²) < 4.78 is 6.94. The van der Waals surface area contributed by atoms with Crippen molar-refractivity contribution in [3.63, 3.8) is 0 Å². The number of methoxy groups -OCH3 is 1. The lowest BCUT2D eigenvalue weighted by Gasteiger charge is -2.19. The van der Waals surface area contributed by atoms with Gasteiger partial charge in [-0.1, -0.05) is 24.3 Å². The molecule has 1 fully saturated rings. The number of amides is 2. The van der Waals surface area contributed by atoms with E-state index in [0.717, 1.165) is 24.1 Å². The van der Waals surface area contributed by atoms with E-state index in [4.69, 9.17) is 4.74 Å². The zero-order valence-corrected chi connectivity index (χ0v) is 15.0. The maximum absolute atomic E-state index is 12.6. The van der Waals surface area contributed by atoms with E-state index >= 15 is 0 Å². The normalized spacial score (nSPS) is 14.4. The third-order valence-electron chi connectivity index (χ3n) is 4.61. The lowest BCUT2D eigenvalue weighted by Crippen LogP contribution is -2.34. The second-order valence-corrected chi connectivity index (χ2v) is 6.50. The molecule has 1 saturated carbocycles. The average Bonchev–Trinajstić information content (AvgIpc) is 3.45. The molecule has 1 aliphatic rings. The number of imidazole rings is 1. The largest absolute Gasteiger partial charge is 0.481 e. The van der Waals surface area contributed by atoms with Gasteiger partial charge in [0.2, 0.25) is 11.8 Å². The highest BCUT2D eigenvalue weighted by atomic mass is 16.5. The zero-order chi connectivity index (χ0) is 18.6. The molecule has 0 spiro atoms. The Bertz CT molecular complexity index is 904. The fourth-order valence-corrected chi connectivity index (χ4v) is 3.07. The minimum Gasteiger partial charge on any atom is -0.481 e. The van der Waals surface area contributed by atoms with Gasteiger partial charge in [-0.25, -0.2) is 14.8 Å². The maximum Gasteiger partial charge on any atom is 0.322 e. The molecule has 4 rings (SSSR count). The molecule has 2 aromatic heterocycles. The third kappa shape index (κ3) is 3.92. The number of benzene rings is 1. The summed E-state index contributed by atoms with van der Waals surface area (Å²) in [4.78, 5) is 21.1. The summed E-state index contributed by atoms with van der Waals surface area (Å²) in [7, 11) is 1.58. The van der Waals surface area contributed by atoms with Crippen molar-refractivity contribution in [3.05, 3.63) is 66.6 Å². The van der Waals surface area contributed by atoms with Crippen molar-refractivity contribution in [2.45, 2.75) is 18.9 Å². The van der Waals surface area contributed by atoms with Crippen LogP contribution in [0.15, 0.2) is 61.1 Å². The summed E-state index contributed by atoms with van der Waals surface area (Å²) in [6, 6.07) is 13.1. The predicted molar refractivity (Wildman–Crippen MR) is 102 cm³/mol. The van der Waals surface area contributed by atoms with Gasteiger partial charge < -0.3 is 10.1 Å². The van der Waals surface area contributed by atoms with E-state index in [1.54, 1.807) is 19.5 Å². The van der Waals surface area contributed by atoms with Gasteiger partial charge in [-0.05, 0) is 36.5 Å². The van der Waals surface area contributed by atoms with Crippen molar-refractivity contribution in [1.82, 2.24) is 19.9 Å². The van der Waals surface area contributed by atoms with Crippen LogP contribution in [-0.2, 0) is 0 Å². The monoisotopic (exact) mass is 363 g/mol. The number of ether oxygens (including phenoxy) is 1. The Morgan fingerprint density at radius 1 is 1.19 bits per heavy atom. The van der Waals surface area contributed by atoms with Crippen molar-refractivity contribution < 1.29 is 9.53 Å². The van der Waals surface area contributed by atoms with Crippen molar-refractivity contribution in [2.24, 2.45) is 5.92 Å². The van der Waals surface area contributed by atoms with Gasteiger partial charge in [0.25, 0.3) is 0 Å². The molecule has 138 valence electrons. The number of pyridine rings is 1. The molecule has 7 heteroatoms. The number of urea groups is 1. The summed E-state index contributed by atoms with van der Waals surface area (Å²) in [6.07, 6.45) is 7.42. The number of hydrogen-bond donors (Lipinski definition) is 2. The molecule has 2 heterocycles. The summed E-state index contributed by atoms with van der Waals surface area (Å²) in [5.41, 5.74) is 1.91. The van der Waals surface area contributed by atoms with Crippen molar-refractivity contribution in [2.75, 3.05) is 12.4 Å². The van der Waals surface area contributed by atoms with Crippen molar-refractivity contribution in [1.29, 1.82) is 0 Å². The van der Waals surface area contributed by atoms with Gasteiger partial charge in [0.05, 0.1) is 13.2 Å². The molecule has 3 aromatic rings. The van der Waals surface area contributed by atoms with Crippen LogP contribution in [0.1, 0.15) is 24.4 Å². The van der Waals surface area contributed by atoms with Gasteiger partial charge in [0, 0.05) is 30.3 Å². The molecule has 1 aromatic carbocycles. The van der Waals surface area contributed by atoms with Crippen molar-refractivity contribution >= 4 is 12.0 Å². The van der Waals surface area contributed by atoms with Gasteiger partial charge in [0.1, 0.15) is 0 Å². The summed E-state index contributed by atoms with van der Waals surface area (Å²) in [5, 5.41) is 5.92. The van der Waals surface area contributed by atoms with E-state index in [1.165, 1.54) is 0 Å². The van der Waals surface area contributed by atoms with Gasteiger partial charge in [-0.2, -0.15) is 0 Å². The molecule has 0 bridgehead atoms. The van der Waals surface area contributed by atoms with Gasteiger partial charge in [-0.15, -0.1) is 0 Å². The van der Waals surface area contributed by atoms with Crippen LogP contribution in [0.3, 0.4) is 0 Å². The van der Waals surface area contributed by atoms with Crippen LogP contribution in [0.2, 0.25) is 0 Å². The van der Waals surface area contributed by atoms with E-state index in [0.29, 0.717) is 17.7 Å². The van der Waals surface area contributed by atoms with E-state index in [9.17, 15) is 4.79 Å². The number of nitrogens with one attached hydrogen (secondary N) is 2. The molecule has 1 unspecified atom stereocenters. The SMILES string of the molecule is COc1ccc(C(NC(=O)Nc2nccn2-c2ccccc2)C2CC2)cn1. The first-order valence-electron chi connectivity index (χ1n) is 8.91. The number of para-hydroxylation sites is 1. The van der Waals surface area contributed by atoms with E-state index in [-0.39, 0.29) is 12.1 Å². The molecule has 2 N–H and O–H groups in total. The van der Waals surface area contributed by atoms with Crippen LogP contribution < -0.4 is 15.4 Å². The minimum absolute atomic E-state index is 0.0801. The molecule has 7 nitrogen and oxygen atoms in total. The first kappa shape index (κ1) is 17.1. The Labute approximate surface area is 157 Å². The number of rotatable bonds is 6. The predicted octanol–water partition coefficient (Wildman–Crippen LogP) is 3.55. The highest BCUT2D eigenvalue weighted by molar-refractivity contribution is 5.88. The quantitative estimate of drug-likeness (QED) is 0.702. The fraction of sp³-hybridized carbons (Fsp3) is 0.250. The molecule has 0 aliphatic heterocycles. The highest BCUT2D eigenvalue weighted by Crippen LogP contribution is 2.41. The van der Waals surface area contributed by atoms with Gasteiger partial charge >= 0.3 is 6.03 Å². The Kier molecular flexibility index (Phi) is 4.74. The van der Waals surface area contributed by atoms with Gasteiger partial charge in [0.15, 0.2) is 0 Å². The molecule has 0 radical (unpaired) electrons. The number of nitrogens with zero attached hydrogens (tertiary/aromatic N) is 3. The molecule has 27 heavy (non-hydrogen) atoms. The van der Waals surface area contributed by atoms with Crippen LogP contribution in [0.5, 0.6) is 5.88 Å². The zero-order valence-electron chi connectivity index (χ0n) is 15.0. The number of carbonyl (C=O) groups excluding carboxylic acids is 1. The van der Waals surface area contributed by atoms with E-state index in [2.05, 4.69) is 20.6 Å². The average molecular weight is 363 g/mol. The standard InChI is InChI=1S/C20H21N5O2/c1-27-17-10-9-15(13-22-17)18(14-7-8-14)23-20(26)24-19-21-11-12-25(19)16-5-3-2-4-6-16/h2-6,9-14,18H,7-8H2,1H3,(H2,21,23,24,26). The van der Waals surface area contributed by atoms with Crippen LogP contribution in [0.4, 0.5) is 10.7 Å². The molecular formula is C20H21N5O2. The van der Waals surface area contributed by atoms with Crippen LogP contribution in [-0.4, -0.2) is 27.7 Å². The Balaban J connectivity index is 1.47. The van der Waals surface area contributed by atoms with E-state index in [1.807, 2.05) is 53.2 Å². The Morgan fingerprint density at radius 3 is 2.67 bits per heavy atom. The first-order valence-corrected chi connectivity index (χ1v) is 8.91. The second kappa shape index (κ2) is 7.49. The lowest BCUT2D eigenvalue weighted by molar-refractivity contribution is 0.247. The first-order chi connectivity index (χ1) is 13.2. The molecule has 1 aliphatic carbocycles. The number of hydrogen-bond acceptors (Lipinski definition) is 4. The molecular weight excluding hydrogens is 342 g/mol. The Hall–Kier alpha value is -3.35. The molecule has 0 saturated heterocycles. The minimum atomic E-state index is -0.286. The van der Waals surface area contributed by atoms with E-state index < -0.39 is 0 Å². The third-order valence-corrected chi connectivity index (χ3v) is 4.61. The maximum atomic E-state index is 12.6. The van der Waals surface area contributed by atoms with Crippen LogP contribution in [0, 0.1) is 5.92 Å². The van der Waals surface area contributed by atoms with Crippen LogP contribution in [0.25, 0.3) is 5.69 Å². The Morgan fingerprint density at radius 2 is 2.00 bits per heavy atom. The fourth-order valence-electron chi connectivity index (χ4n) is 3.07. The number of anilines is 1. The van der Waals surface area contributed by atoms with Crippen molar-refractivity contribution in [3.8, 4) is 11.6 Å². The summed E-state index contributed by atoms with van der Waals surface area (Å²) in [6.45, 7) is 0. The van der Waals surface area contributed by atoms with Gasteiger partial charge in [-0.3, -0.25) is 9.88 Å². The highest BCUT2D eigenvalue weighted by Gasteiger charge is 2.33. The topological polar surface area (TPSA) is 81.1 Å². The second-order valence-electron chi connectivity index (χ2n) is 6.50. The smallest absolute Gasteiger partial charge is 0.322 e. The van der Waals surface area contributed by atoms with Crippen LogP contribution >= 0.6 is 0 Å². The molecule has 2 amide bonds. The molecule has 1 atom stereocenters. The number of aromatic nitrogens is 3. The number of carbonyl (C=O) groups is 1. The summed E-state index contributed by atoms with van der Waals surface area (Å²) in [5.74, 6) is 1.46. The summed E-state index contributed by atoms with van der Waals surface area (Å²) >= 11 is 0.